The Labute approximate surface area is 180 Å². The molecule has 7 heteroatoms. The number of hydrazone groups is 1. The number of carbonyl (C=O) groups excluding carboxylic acids is 1. The average Bonchev–Trinajstić information content (AvgIpc) is 2.65. The van der Waals surface area contributed by atoms with E-state index in [1.165, 1.54) is 10.6 Å². The van der Waals surface area contributed by atoms with Crippen LogP contribution in [0.25, 0.3) is 0 Å². The lowest BCUT2D eigenvalue weighted by Crippen LogP contribution is -2.29. The zero-order chi connectivity index (χ0) is 22.7. The van der Waals surface area contributed by atoms with Gasteiger partial charge in [0, 0.05) is 16.7 Å². The fraction of sp³-hybridized carbons (Fsp3) is 0.391. The lowest BCUT2D eigenvalue weighted by molar-refractivity contribution is 0.0954. The highest BCUT2D eigenvalue weighted by atomic mass is 32.2. The van der Waals surface area contributed by atoms with Crippen molar-refractivity contribution in [3.63, 3.8) is 0 Å². The summed E-state index contributed by atoms with van der Waals surface area (Å²) in [7, 11) is -3.47. The topological polar surface area (TPSA) is 78.8 Å². The molecule has 1 amide bonds. The van der Waals surface area contributed by atoms with Crippen LogP contribution < -0.4 is 9.73 Å². The molecule has 6 nitrogen and oxygen atoms in total. The molecular formula is C23H31N3O3S. The molecule has 0 saturated heterocycles. The van der Waals surface area contributed by atoms with E-state index in [1.54, 1.807) is 30.3 Å². The van der Waals surface area contributed by atoms with Gasteiger partial charge in [0.25, 0.3) is 5.91 Å². The fourth-order valence-electron chi connectivity index (χ4n) is 2.57. The quantitative estimate of drug-likeness (QED) is 0.545. The van der Waals surface area contributed by atoms with E-state index in [4.69, 9.17) is 0 Å². The van der Waals surface area contributed by atoms with Crippen molar-refractivity contribution in [3.8, 4) is 0 Å². The molecule has 2 rings (SSSR count). The minimum Gasteiger partial charge on any atom is -0.267 e. The molecule has 30 heavy (non-hydrogen) atoms. The highest BCUT2D eigenvalue weighted by Gasteiger charge is 2.19. The normalized spacial score (nSPS) is 12.6. The summed E-state index contributed by atoms with van der Waals surface area (Å²) in [6.45, 7) is 12.1. The zero-order valence-corrected chi connectivity index (χ0v) is 19.6. The summed E-state index contributed by atoms with van der Waals surface area (Å²) < 4.78 is 26.1. The number of sulfonamides is 1. The highest BCUT2D eigenvalue weighted by Crippen LogP contribution is 2.23. The van der Waals surface area contributed by atoms with Crippen LogP contribution in [-0.2, 0) is 16.6 Å². The summed E-state index contributed by atoms with van der Waals surface area (Å²) in [6.07, 6.45) is 1.19. The number of aryl methyl sites for hydroxylation is 2. The number of nitrogens with zero attached hydrogens (tertiary/aromatic N) is 2. The van der Waals surface area contributed by atoms with Gasteiger partial charge in [-0.2, -0.15) is 5.10 Å². The van der Waals surface area contributed by atoms with E-state index in [9.17, 15) is 13.2 Å². The lowest BCUT2D eigenvalue weighted by Gasteiger charge is -2.23. The summed E-state index contributed by atoms with van der Waals surface area (Å²) >= 11 is 0. The van der Waals surface area contributed by atoms with Gasteiger partial charge in [0.2, 0.25) is 10.0 Å². The molecule has 2 aromatic rings. The van der Waals surface area contributed by atoms with E-state index < -0.39 is 10.0 Å². The van der Waals surface area contributed by atoms with Gasteiger partial charge in [0.15, 0.2) is 0 Å². The van der Waals surface area contributed by atoms with Crippen LogP contribution in [-0.4, -0.2) is 26.3 Å². The van der Waals surface area contributed by atoms with Crippen LogP contribution in [0.4, 0.5) is 5.69 Å². The van der Waals surface area contributed by atoms with Crippen molar-refractivity contribution in [2.75, 3.05) is 10.6 Å². The number of anilines is 1. The Morgan fingerprint density at radius 2 is 1.63 bits per heavy atom. The van der Waals surface area contributed by atoms with Gasteiger partial charge in [-0.15, -0.1) is 0 Å². The van der Waals surface area contributed by atoms with E-state index in [0.717, 1.165) is 22.4 Å². The van der Waals surface area contributed by atoms with Crippen molar-refractivity contribution in [3.05, 3.63) is 64.7 Å². The molecule has 1 N–H and O–H groups in total. The maximum absolute atomic E-state index is 12.4. The third-order valence-electron chi connectivity index (χ3n) is 5.13. The number of nitrogens with one attached hydrogen (secondary N) is 1. The van der Waals surface area contributed by atoms with Gasteiger partial charge in [-0.25, -0.2) is 13.8 Å². The van der Waals surface area contributed by atoms with Gasteiger partial charge in [0.05, 0.1) is 18.5 Å². The average molecular weight is 430 g/mol. The van der Waals surface area contributed by atoms with E-state index in [0.29, 0.717) is 11.3 Å². The SMILES string of the molecule is C/C(=N\NC(=O)c1ccc(CN(c2ccc(C)c(C)c2)S(C)(=O)=O)cc1)C(C)(C)C. The van der Waals surface area contributed by atoms with E-state index in [1.807, 2.05) is 53.7 Å². The summed E-state index contributed by atoms with van der Waals surface area (Å²) in [5.74, 6) is -0.306. The molecule has 0 fully saturated rings. The maximum atomic E-state index is 12.4. The number of hydrogen-bond acceptors (Lipinski definition) is 4. The van der Waals surface area contributed by atoms with Crippen LogP contribution in [0.2, 0.25) is 0 Å². The van der Waals surface area contributed by atoms with E-state index >= 15 is 0 Å². The smallest absolute Gasteiger partial charge is 0.267 e. The van der Waals surface area contributed by atoms with Gasteiger partial charge < -0.3 is 0 Å². The second-order valence-corrected chi connectivity index (χ2v) is 10.5. The molecule has 0 saturated carbocycles. The number of benzene rings is 2. The Kier molecular flexibility index (Phi) is 7.08. The Morgan fingerprint density at radius 1 is 1.03 bits per heavy atom. The first-order chi connectivity index (χ1) is 13.8. The van der Waals surface area contributed by atoms with Crippen molar-refractivity contribution in [1.29, 1.82) is 0 Å². The molecule has 162 valence electrons. The van der Waals surface area contributed by atoms with Crippen LogP contribution in [0, 0.1) is 19.3 Å². The van der Waals surface area contributed by atoms with Crippen LogP contribution in [0.1, 0.15) is 54.7 Å². The minimum atomic E-state index is -3.47. The molecule has 2 aromatic carbocycles. The molecule has 0 aliphatic carbocycles. The summed E-state index contributed by atoms with van der Waals surface area (Å²) in [5, 5.41) is 4.16. The molecule has 0 radical (unpaired) electrons. The van der Waals surface area contributed by atoms with Gasteiger partial charge in [-0.1, -0.05) is 39.0 Å². The van der Waals surface area contributed by atoms with Crippen LogP contribution in [0.5, 0.6) is 0 Å². The predicted octanol–water partition coefficient (Wildman–Crippen LogP) is 4.42. The number of carbonyl (C=O) groups is 1. The van der Waals surface area contributed by atoms with Gasteiger partial charge in [-0.3, -0.25) is 9.10 Å². The molecule has 0 aliphatic heterocycles. The summed E-state index contributed by atoms with van der Waals surface area (Å²) in [6, 6.07) is 12.5. The van der Waals surface area contributed by atoms with E-state index in [2.05, 4.69) is 10.5 Å². The molecule has 0 bridgehead atoms. The van der Waals surface area contributed by atoms with Crippen LogP contribution >= 0.6 is 0 Å². The van der Waals surface area contributed by atoms with Crippen molar-refractivity contribution < 1.29 is 13.2 Å². The van der Waals surface area contributed by atoms with Crippen molar-refractivity contribution >= 4 is 27.3 Å². The van der Waals surface area contributed by atoms with Crippen LogP contribution in [0.3, 0.4) is 0 Å². The number of amides is 1. The standard InChI is InChI=1S/C23H31N3O3S/c1-16-8-13-21(14-17(16)2)26(30(7,28)29)15-19-9-11-20(12-10-19)22(27)25-24-18(3)23(4,5)6/h8-14H,15H2,1-7H3,(H,25,27)/b24-18+. The predicted molar refractivity (Wildman–Crippen MR) is 123 cm³/mol. The molecule has 0 atom stereocenters. The first-order valence-electron chi connectivity index (χ1n) is 9.78. The third kappa shape index (κ3) is 6.16. The molecular weight excluding hydrogens is 398 g/mol. The first-order valence-corrected chi connectivity index (χ1v) is 11.6. The fourth-order valence-corrected chi connectivity index (χ4v) is 3.46. The minimum absolute atomic E-state index is 0.124. The van der Waals surface area contributed by atoms with Crippen molar-refractivity contribution in [2.45, 2.75) is 48.1 Å². The van der Waals surface area contributed by atoms with Gasteiger partial charge in [-0.05, 0) is 61.7 Å². The molecule has 0 spiro atoms. The van der Waals surface area contributed by atoms with Gasteiger partial charge >= 0.3 is 0 Å². The molecule has 0 aromatic heterocycles. The number of hydrogen-bond donors (Lipinski definition) is 1. The molecule has 0 heterocycles. The third-order valence-corrected chi connectivity index (χ3v) is 6.27. The summed E-state index contributed by atoms with van der Waals surface area (Å²) in [4.78, 5) is 12.3. The van der Waals surface area contributed by atoms with Crippen molar-refractivity contribution in [2.24, 2.45) is 10.5 Å². The molecule has 0 unspecified atom stereocenters. The maximum Gasteiger partial charge on any atom is 0.271 e. The number of rotatable bonds is 6. The lowest BCUT2D eigenvalue weighted by atomic mass is 9.91. The van der Waals surface area contributed by atoms with E-state index in [-0.39, 0.29) is 17.9 Å². The Morgan fingerprint density at radius 3 is 2.13 bits per heavy atom. The van der Waals surface area contributed by atoms with Crippen molar-refractivity contribution in [1.82, 2.24) is 5.43 Å². The molecule has 0 aliphatic rings. The zero-order valence-electron chi connectivity index (χ0n) is 18.8. The second-order valence-electron chi connectivity index (χ2n) is 8.62. The second kappa shape index (κ2) is 9.00. The largest absolute Gasteiger partial charge is 0.271 e. The van der Waals surface area contributed by atoms with Crippen LogP contribution in [0.15, 0.2) is 47.6 Å². The highest BCUT2D eigenvalue weighted by molar-refractivity contribution is 7.92. The Hall–Kier alpha value is -2.67. The van der Waals surface area contributed by atoms with Gasteiger partial charge in [0.1, 0.15) is 0 Å². The monoisotopic (exact) mass is 429 g/mol. The Balaban J connectivity index is 2.20. The Bertz CT molecular complexity index is 1050. The summed E-state index contributed by atoms with van der Waals surface area (Å²) in [5.41, 5.74) is 7.26. The first kappa shape index (κ1) is 23.6.